The first-order chi connectivity index (χ1) is 18.7. The van der Waals surface area contributed by atoms with E-state index in [2.05, 4.69) is 30.4 Å². The number of carbonyl (C=O) groups is 2. The lowest BCUT2D eigenvalue weighted by atomic mass is 9.85. The van der Waals surface area contributed by atoms with Gasteiger partial charge in [0.05, 0.1) is 11.7 Å². The van der Waals surface area contributed by atoms with Crippen molar-refractivity contribution < 1.29 is 18.7 Å². The van der Waals surface area contributed by atoms with E-state index in [1.807, 2.05) is 0 Å². The van der Waals surface area contributed by atoms with Gasteiger partial charge in [-0.15, -0.1) is 0 Å². The fourth-order valence-corrected chi connectivity index (χ4v) is 7.16. The number of nitrogens with zero attached hydrogens (tertiary/aromatic N) is 5. The fourth-order valence-electron chi connectivity index (χ4n) is 6.87. The summed E-state index contributed by atoms with van der Waals surface area (Å²) in [6.07, 6.45) is 3.34. The number of rotatable bonds is 3. The highest BCUT2D eigenvalue weighted by atomic mass is 35.5. The zero-order valence-corrected chi connectivity index (χ0v) is 23.1. The van der Waals surface area contributed by atoms with Crippen LogP contribution in [-0.4, -0.2) is 96.5 Å². The molecule has 8 nitrogen and oxygen atoms in total. The fraction of sp³-hybridized carbons (Fsp3) is 0.483. The van der Waals surface area contributed by atoms with Gasteiger partial charge in [0.15, 0.2) is 5.75 Å². The molecule has 5 heterocycles. The number of anilines is 1. The van der Waals surface area contributed by atoms with Gasteiger partial charge in [0.2, 0.25) is 5.91 Å². The number of piperazine rings is 1. The predicted octanol–water partition coefficient (Wildman–Crippen LogP) is 3.69. The van der Waals surface area contributed by atoms with Crippen LogP contribution >= 0.6 is 11.6 Å². The first-order valence-electron chi connectivity index (χ1n) is 13.5. The van der Waals surface area contributed by atoms with Crippen LogP contribution in [0.4, 0.5) is 10.2 Å². The summed E-state index contributed by atoms with van der Waals surface area (Å²) < 4.78 is 21.3. The summed E-state index contributed by atoms with van der Waals surface area (Å²) in [5.74, 6) is -0.125. The summed E-state index contributed by atoms with van der Waals surface area (Å²) in [5.41, 5.74) is 0.945. The van der Waals surface area contributed by atoms with Gasteiger partial charge in [0.25, 0.3) is 5.91 Å². The molecule has 0 N–H and O–H groups in total. The van der Waals surface area contributed by atoms with Crippen LogP contribution in [0.25, 0.3) is 11.3 Å². The van der Waals surface area contributed by atoms with Crippen LogP contribution < -0.4 is 9.64 Å². The molecule has 0 radical (unpaired) electrons. The van der Waals surface area contributed by atoms with Crippen molar-refractivity contribution in [1.29, 1.82) is 0 Å². The van der Waals surface area contributed by atoms with Crippen LogP contribution in [0.5, 0.6) is 5.75 Å². The second kappa shape index (κ2) is 9.78. The van der Waals surface area contributed by atoms with E-state index in [0.29, 0.717) is 31.0 Å². The summed E-state index contributed by atoms with van der Waals surface area (Å²) in [6.45, 7) is 9.77. The van der Waals surface area contributed by atoms with Gasteiger partial charge >= 0.3 is 0 Å². The molecule has 10 heteroatoms. The van der Waals surface area contributed by atoms with Crippen LogP contribution in [0.3, 0.4) is 0 Å². The smallest absolute Gasteiger partial charge is 0.261 e. The van der Waals surface area contributed by atoms with Gasteiger partial charge in [0.1, 0.15) is 28.8 Å². The third-order valence-corrected chi connectivity index (χ3v) is 9.09. The molecule has 0 bridgehead atoms. The summed E-state index contributed by atoms with van der Waals surface area (Å²) in [7, 11) is 2.14. The Labute approximate surface area is 233 Å². The molecule has 3 fully saturated rings. The maximum atomic E-state index is 15.0. The van der Waals surface area contributed by atoms with Crippen molar-refractivity contribution in [1.82, 2.24) is 19.7 Å². The second-order valence-electron chi connectivity index (χ2n) is 11.4. The van der Waals surface area contributed by atoms with Crippen molar-refractivity contribution in [2.45, 2.75) is 31.8 Å². The number of halogens is 2. The number of benzene rings is 1. The highest BCUT2D eigenvalue weighted by Gasteiger charge is 2.48. The summed E-state index contributed by atoms with van der Waals surface area (Å²) in [5, 5.41) is 0.119. The quantitative estimate of drug-likeness (QED) is 0.540. The number of pyridine rings is 1. The lowest BCUT2D eigenvalue weighted by molar-refractivity contribution is -0.128. The number of carbonyl (C=O) groups excluding carboxylic acids is 2. The molecule has 39 heavy (non-hydrogen) atoms. The van der Waals surface area contributed by atoms with Gasteiger partial charge in [0, 0.05) is 49.7 Å². The first-order valence-corrected chi connectivity index (χ1v) is 13.9. The van der Waals surface area contributed by atoms with Crippen molar-refractivity contribution >= 4 is 29.2 Å². The molecular weight excluding hydrogens is 521 g/mol. The molecule has 0 aliphatic carbocycles. The maximum Gasteiger partial charge on any atom is 0.261 e. The largest absolute Gasteiger partial charge is 0.489 e. The molecule has 3 atom stereocenters. The number of aromatic nitrogens is 1. The molecule has 1 aromatic carbocycles. The SMILES string of the molecule is C=CC(=O)N1CCN2C(=O)c3c(N4CC5(CCN(C)C5)C[C@@H]4C)nc(-c4ccccc4F)c(Cl)c3OC[C@H]2C1. The molecule has 2 amide bonds. The lowest BCUT2D eigenvalue weighted by Gasteiger charge is -2.39. The minimum Gasteiger partial charge on any atom is -0.489 e. The third-order valence-electron chi connectivity index (χ3n) is 8.74. The van der Waals surface area contributed by atoms with Crippen LogP contribution in [0.15, 0.2) is 36.9 Å². The van der Waals surface area contributed by atoms with Crippen molar-refractivity contribution in [3.05, 3.63) is 53.3 Å². The standard InChI is InChI=1S/C29H33ClFN5O3/c1-4-22(37)34-11-12-35-19(14-34)15-39-26-23(28(35)38)27(32-25(24(26)30)20-7-5-6-8-21(20)31)36-17-29(13-18(36)2)9-10-33(3)16-29/h4-8,18-19H,1,9-17H2,2-3H3/t18-,19+,29?/m0/s1. The number of hydrogen-bond acceptors (Lipinski definition) is 6. The number of hydrogen-bond donors (Lipinski definition) is 0. The summed E-state index contributed by atoms with van der Waals surface area (Å²) in [4.78, 5) is 39.5. The zero-order valence-electron chi connectivity index (χ0n) is 22.3. The Bertz CT molecular complexity index is 1350. The Morgan fingerprint density at radius 3 is 2.74 bits per heavy atom. The van der Waals surface area contributed by atoms with E-state index in [1.165, 1.54) is 12.1 Å². The Morgan fingerprint density at radius 1 is 1.23 bits per heavy atom. The van der Waals surface area contributed by atoms with Crippen LogP contribution in [0, 0.1) is 11.2 Å². The average molecular weight is 554 g/mol. The van der Waals surface area contributed by atoms with Gasteiger partial charge < -0.3 is 24.3 Å². The number of amides is 2. The topological polar surface area (TPSA) is 69.2 Å². The molecule has 1 spiro atoms. The van der Waals surface area contributed by atoms with Gasteiger partial charge in [-0.1, -0.05) is 30.3 Å². The van der Waals surface area contributed by atoms with E-state index in [-0.39, 0.29) is 57.9 Å². The molecule has 4 aliphatic heterocycles. The normalized spacial score (nSPS) is 26.9. The molecule has 1 aromatic heterocycles. The van der Waals surface area contributed by atoms with Crippen molar-refractivity contribution in [3.8, 4) is 17.0 Å². The van der Waals surface area contributed by atoms with E-state index in [9.17, 15) is 9.59 Å². The molecule has 1 unspecified atom stereocenters. The molecule has 206 valence electrons. The Hall–Kier alpha value is -3.17. The highest BCUT2D eigenvalue weighted by molar-refractivity contribution is 6.35. The first kappa shape index (κ1) is 26.1. The van der Waals surface area contributed by atoms with Crippen LogP contribution in [-0.2, 0) is 4.79 Å². The average Bonchev–Trinajstić information content (AvgIpc) is 3.41. The second-order valence-corrected chi connectivity index (χ2v) is 11.8. The number of likely N-dealkylation sites (tertiary alicyclic amines) is 1. The van der Waals surface area contributed by atoms with Crippen molar-refractivity contribution in [3.63, 3.8) is 0 Å². The molecule has 6 rings (SSSR count). The Balaban J connectivity index is 1.48. The van der Waals surface area contributed by atoms with Crippen LogP contribution in [0.2, 0.25) is 5.02 Å². The van der Waals surface area contributed by atoms with E-state index in [4.69, 9.17) is 21.3 Å². The molecule has 0 saturated carbocycles. The minimum atomic E-state index is -0.447. The Morgan fingerprint density at radius 2 is 2.03 bits per heavy atom. The summed E-state index contributed by atoms with van der Waals surface area (Å²) in [6, 6.07) is 6.14. The maximum absolute atomic E-state index is 15.0. The molecule has 2 aromatic rings. The van der Waals surface area contributed by atoms with E-state index in [1.54, 1.807) is 28.0 Å². The van der Waals surface area contributed by atoms with Gasteiger partial charge in [-0.25, -0.2) is 9.37 Å². The van der Waals surface area contributed by atoms with Gasteiger partial charge in [-0.2, -0.15) is 0 Å². The summed E-state index contributed by atoms with van der Waals surface area (Å²) >= 11 is 6.90. The Kier molecular flexibility index (Phi) is 6.54. The van der Waals surface area contributed by atoms with E-state index >= 15 is 4.39 Å². The lowest BCUT2D eigenvalue weighted by Crippen LogP contribution is -2.57. The monoisotopic (exact) mass is 553 g/mol. The molecule has 4 aliphatic rings. The van der Waals surface area contributed by atoms with E-state index < -0.39 is 5.82 Å². The predicted molar refractivity (Wildman–Crippen MR) is 148 cm³/mol. The zero-order chi connectivity index (χ0) is 27.5. The van der Waals surface area contributed by atoms with Crippen molar-refractivity contribution in [2.75, 3.05) is 57.8 Å². The number of ether oxygens (including phenoxy) is 1. The minimum absolute atomic E-state index is 0.106. The van der Waals surface area contributed by atoms with Crippen molar-refractivity contribution in [2.24, 2.45) is 5.41 Å². The van der Waals surface area contributed by atoms with Crippen LogP contribution in [0.1, 0.15) is 30.1 Å². The highest BCUT2D eigenvalue weighted by Crippen LogP contribution is 2.49. The van der Waals surface area contributed by atoms with Gasteiger partial charge in [-0.3, -0.25) is 9.59 Å². The van der Waals surface area contributed by atoms with E-state index in [0.717, 1.165) is 32.5 Å². The molecule has 3 saturated heterocycles. The number of fused-ring (bicyclic) bond motifs is 2. The third kappa shape index (κ3) is 4.36. The van der Waals surface area contributed by atoms with Gasteiger partial charge in [-0.05, 0) is 51.6 Å². The molecular formula is C29H33ClFN5O3.